The third-order valence-corrected chi connectivity index (χ3v) is 7.33. The highest BCUT2D eigenvalue weighted by atomic mass is 32.1. The Bertz CT molecular complexity index is 929. The summed E-state index contributed by atoms with van der Waals surface area (Å²) in [4.78, 5) is 18.4. The fraction of sp³-hybridized carbons (Fsp3) is 0.364. The number of hydrogen-bond donors (Lipinski definition) is 1. The predicted octanol–water partition coefficient (Wildman–Crippen LogP) is 4.29. The molecule has 1 amide bonds. The van der Waals surface area contributed by atoms with E-state index in [4.69, 9.17) is 9.47 Å². The highest BCUT2D eigenvalue weighted by molar-refractivity contribution is 7.20. The van der Waals surface area contributed by atoms with Crippen LogP contribution in [0, 0.1) is 0 Å². The van der Waals surface area contributed by atoms with Crippen LogP contribution >= 0.6 is 22.7 Å². The van der Waals surface area contributed by atoms with Crippen LogP contribution < -0.4 is 10.1 Å². The van der Waals surface area contributed by atoms with E-state index < -0.39 is 0 Å². The minimum Gasteiger partial charge on any atom is -0.497 e. The maximum atomic E-state index is 12.6. The highest BCUT2D eigenvalue weighted by Crippen LogP contribution is 2.35. The number of thiophene rings is 1. The van der Waals surface area contributed by atoms with Crippen molar-refractivity contribution in [2.75, 3.05) is 26.9 Å². The molecule has 1 aromatic carbocycles. The summed E-state index contributed by atoms with van der Waals surface area (Å²) >= 11 is 3.25. The molecule has 0 saturated carbocycles. The van der Waals surface area contributed by atoms with Gasteiger partial charge in [0, 0.05) is 30.6 Å². The first kappa shape index (κ1) is 20.1. The SMILES string of the molecule is COc1ccc(C2(CNC(=O)Cc3csc(-c4cccs4)n3)CCOCC2)cc1. The largest absolute Gasteiger partial charge is 0.497 e. The summed E-state index contributed by atoms with van der Waals surface area (Å²) in [6, 6.07) is 12.2. The zero-order chi connectivity index (χ0) is 20.1. The van der Waals surface area contributed by atoms with E-state index in [1.807, 2.05) is 29.0 Å². The molecule has 1 N–H and O–H groups in total. The number of methoxy groups -OCH3 is 1. The number of carbonyl (C=O) groups excluding carboxylic acids is 1. The summed E-state index contributed by atoms with van der Waals surface area (Å²) in [5.41, 5.74) is 1.93. The van der Waals surface area contributed by atoms with Crippen molar-refractivity contribution >= 4 is 28.6 Å². The van der Waals surface area contributed by atoms with Gasteiger partial charge in [-0.2, -0.15) is 0 Å². The van der Waals surface area contributed by atoms with Gasteiger partial charge in [0.2, 0.25) is 5.91 Å². The number of aromatic nitrogens is 1. The summed E-state index contributed by atoms with van der Waals surface area (Å²) in [6.45, 7) is 2.01. The highest BCUT2D eigenvalue weighted by Gasteiger charge is 2.35. The van der Waals surface area contributed by atoms with E-state index in [-0.39, 0.29) is 11.3 Å². The first-order chi connectivity index (χ1) is 14.2. The lowest BCUT2D eigenvalue weighted by atomic mass is 9.74. The smallest absolute Gasteiger partial charge is 0.226 e. The Morgan fingerprint density at radius 3 is 2.69 bits per heavy atom. The zero-order valence-corrected chi connectivity index (χ0v) is 18.0. The molecule has 0 aliphatic carbocycles. The lowest BCUT2D eigenvalue weighted by molar-refractivity contribution is -0.121. The number of nitrogens with zero attached hydrogens (tertiary/aromatic N) is 1. The van der Waals surface area contributed by atoms with Crippen molar-refractivity contribution in [3.63, 3.8) is 0 Å². The van der Waals surface area contributed by atoms with Crippen LogP contribution in [0.5, 0.6) is 5.75 Å². The van der Waals surface area contributed by atoms with Crippen molar-refractivity contribution in [2.24, 2.45) is 0 Å². The standard InChI is InChI=1S/C22H24N2O3S2/c1-26-18-6-4-16(5-7-18)22(8-10-27-11-9-22)15-23-20(25)13-17-14-29-21(24-17)19-3-2-12-28-19/h2-7,12,14H,8-11,13,15H2,1H3,(H,23,25). The van der Waals surface area contributed by atoms with E-state index in [2.05, 4.69) is 28.5 Å². The van der Waals surface area contributed by atoms with Crippen molar-refractivity contribution < 1.29 is 14.3 Å². The minimum atomic E-state index is -0.107. The number of hydrogen-bond acceptors (Lipinski definition) is 6. The summed E-state index contributed by atoms with van der Waals surface area (Å²) in [5.74, 6) is 0.845. The van der Waals surface area contributed by atoms with Crippen LogP contribution in [-0.2, 0) is 21.4 Å². The molecule has 152 valence electrons. The van der Waals surface area contributed by atoms with Gasteiger partial charge >= 0.3 is 0 Å². The Morgan fingerprint density at radius 2 is 2.00 bits per heavy atom. The van der Waals surface area contributed by atoms with Gasteiger partial charge in [-0.15, -0.1) is 22.7 Å². The lowest BCUT2D eigenvalue weighted by Gasteiger charge is -2.38. The second-order valence-electron chi connectivity index (χ2n) is 7.20. The van der Waals surface area contributed by atoms with Crippen LogP contribution in [0.25, 0.3) is 9.88 Å². The van der Waals surface area contributed by atoms with Gasteiger partial charge in [0.1, 0.15) is 10.8 Å². The number of benzene rings is 1. The molecule has 0 atom stereocenters. The zero-order valence-electron chi connectivity index (χ0n) is 16.3. The number of thiazole rings is 1. The molecule has 29 heavy (non-hydrogen) atoms. The van der Waals surface area contributed by atoms with E-state index in [9.17, 15) is 4.79 Å². The average Bonchev–Trinajstić information content (AvgIpc) is 3.45. The molecule has 0 radical (unpaired) electrons. The summed E-state index contributed by atoms with van der Waals surface area (Å²) < 4.78 is 10.9. The van der Waals surface area contributed by atoms with Crippen LogP contribution in [0.4, 0.5) is 0 Å². The molecule has 1 fully saturated rings. The monoisotopic (exact) mass is 428 g/mol. The molecular formula is C22H24N2O3S2. The normalized spacial score (nSPS) is 15.8. The van der Waals surface area contributed by atoms with Crippen molar-refractivity contribution in [3.8, 4) is 15.6 Å². The molecule has 0 spiro atoms. The molecule has 2 aromatic heterocycles. The molecule has 0 bridgehead atoms. The summed E-state index contributed by atoms with van der Waals surface area (Å²) in [7, 11) is 1.67. The topological polar surface area (TPSA) is 60.5 Å². The van der Waals surface area contributed by atoms with Gasteiger partial charge in [0.25, 0.3) is 0 Å². The predicted molar refractivity (Wildman–Crippen MR) is 117 cm³/mol. The first-order valence-corrected chi connectivity index (χ1v) is 11.4. The molecule has 1 aliphatic rings. The van der Waals surface area contributed by atoms with Crippen LogP contribution in [0.1, 0.15) is 24.1 Å². The maximum absolute atomic E-state index is 12.6. The van der Waals surface area contributed by atoms with E-state index >= 15 is 0 Å². The van der Waals surface area contributed by atoms with Gasteiger partial charge < -0.3 is 14.8 Å². The van der Waals surface area contributed by atoms with E-state index in [0.29, 0.717) is 26.2 Å². The molecule has 3 aromatic rings. The molecule has 0 unspecified atom stereocenters. The number of nitrogens with one attached hydrogen (secondary N) is 1. The maximum Gasteiger partial charge on any atom is 0.226 e. The number of carbonyl (C=O) groups is 1. The molecule has 7 heteroatoms. The molecule has 3 heterocycles. The molecule has 1 aliphatic heterocycles. The first-order valence-electron chi connectivity index (χ1n) is 9.66. The molecule has 4 rings (SSSR count). The van der Waals surface area contributed by atoms with Gasteiger partial charge in [0.15, 0.2) is 0 Å². The summed E-state index contributed by atoms with van der Waals surface area (Å²) in [6.07, 6.45) is 2.08. The van der Waals surface area contributed by atoms with Crippen LogP contribution in [-0.4, -0.2) is 37.8 Å². The second-order valence-corrected chi connectivity index (χ2v) is 9.00. The van der Waals surface area contributed by atoms with E-state index in [1.54, 1.807) is 29.8 Å². The van der Waals surface area contributed by atoms with Crippen molar-refractivity contribution in [1.29, 1.82) is 0 Å². The fourth-order valence-electron chi connectivity index (χ4n) is 3.67. The van der Waals surface area contributed by atoms with Gasteiger partial charge in [-0.1, -0.05) is 18.2 Å². The average molecular weight is 429 g/mol. The second kappa shape index (κ2) is 9.07. The Hall–Kier alpha value is -2.22. The quantitative estimate of drug-likeness (QED) is 0.610. The van der Waals surface area contributed by atoms with Crippen molar-refractivity contribution in [2.45, 2.75) is 24.7 Å². The van der Waals surface area contributed by atoms with Crippen LogP contribution in [0.2, 0.25) is 0 Å². The van der Waals surface area contributed by atoms with Gasteiger partial charge in [-0.3, -0.25) is 4.79 Å². The Labute approximate surface area is 178 Å². The van der Waals surface area contributed by atoms with Crippen LogP contribution in [0.3, 0.4) is 0 Å². The third-order valence-electron chi connectivity index (χ3n) is 5.40. The van der Waals surface area contributed by atoms with Gasteiger partial charge in [-0.05, 0) is 42.0 Å². The molecular weight excluding hydrogens is 404 g/mol. The molecule has 1 saturated heterocycles. The Balaban J connectivity index is 1.41. The third kappa shape index (κ3) is 4.69. The number of rotatable bonds is 7. The lowest BCUT2D eigenvalue weighted by Crippen LogP contribution is -2.45. The Kier molecular flexibility index (Phi) is 6.28. The minimum absolute atomic E-state index is 0.00686. The molecule has 5 nitrogen and oxygen atoms in total. The van der Waals surface area contributed by atoms with Gasteiger partial charge in [-0.25, -0.2) is 4.98 Å². The van der Waals surface area contributed by atoms with Gasteiger partial charge in [0.05, 0.1) is 24.1 Å². The van der Waals surface area contributed by atoms with E-state index in [1.165, 1.54) is 5.56 Å². The Morgan fingerprint density at radius 1 is 1.21 bits per heavy atom. The number of ether oxygens (including phenoxy) is 2. The fourth-order valence-corrected chi connectivity index (χ4v) is 5.30. The van der Waals surface area contributed by atoms with Crippen molar-refractivity contribution in [3.05, 3.63) is 58.4 Å². The number of amides is 1. The van der Waals surface area contributed by atoms with Crippen molar-refractivity contribution in [1.82, 2.24) is 10.3 Å². The summed E-state index contributed by atoms with van der Waals surface area (Å²) in [5, 5.41) is 8.14. The van der Waals surface area contributed by atoms with E-state index in [0.717, 1.165) is 34.2 Å². The van der Waals surface area contributed by atoms with Crippen LogP contribution in [0.15, 0.2) is 47.2 Å².